The van der Waals surface area contributed by atoms with Gasteiger partial charge in [-0.15, -0.1) is 0 Å². The molecule has 4 nitrogen and oxygen atoms in total. The van der Waals surface area contributed by atoms with Gasteiger partial charge in [0.1, 0.15) is 5.82 Å². The summed E-state index contributed by atoms with van der Waals surface area (Å²) in [4.78, 5) is 18.4. The first-order valence-corrected chi connectivity index (χ1v) is 7.95. The van der Waals surface area contributed by atoms with Gasteiger partial charge in [-0.1, -0.05) is 30.3 Å². The highest BCUT2D eigenvalue weighted by molar-refractivity contribution is 5.96. The van der Waals surface area contributed by atoms with E-state index in [0.717, 1.165) is 42.1 Å². The predicted molar refractivity (Wildman–Crippen MR) is 91.7 cm³/mol. The Labute approximate surface area is 135 Å². The van der Waals surface area contributed by atoms with Gasteiger partial charge in [-0.05, 0) is 36.6 Å². The number of carbonyl (C=O) groups excluding carboxylic acids is 1. The van der Waals surface area contributed by atoms with Crippen LogP contribution in [0.2, 0.25) is 0 Å². The van der Waals surface area contributed by atoms with Crippen LogP contribution in [0.3, 0.4) is 0 Å². The quantitative estimate of drug-likeness (QED) is 0.728. The largest absolute Gasteiger partial charge is 0.324 e. The minimum Gasteiger partial charge on any atom is -0.324 e. The van der Waals surface area contributed by atoms with Gasteiger partial charge in [-0.3, -0.25) is 4.79 Å². The Hall–Kier alpha value is -2.62. The summed E-state index contributed by atoms with van der Waals surface area (Å²) in [5, 5.41) is 0. The van der Waals surface area contributed by atoms with E-state index in [0.29, 0.717) is 0 Å². The van der Waals surface area contributed by atoms with E-state index in [1.807, 2.05) is 17.9 Å². The Kier molecular flexibility index (Phi) is 3.18. The lowest BCUT2D eigenvalue weighted by Crippen LogP contribution is -2.25. The molecule has 0 bridgehead atoms. The Morgan fingerprint density at radius 2 is 2.00 bits per heavy atom. The van der Waals surface area contributed by atoms with Gasteiger partial charge in [0.05, 0.1) is 11.0 Å². The van der Waals surface area contributed by atoms with Crippen molar-refractivity contribution in [2.75, 3.05) is 11.4 Å². The van der Waals surface area contributed by atoms with Crippen molar-refractivity contribution in [1.82, 2.24) is 9.55 Å². The molecule has 23 heavy (non-hydrogen) atoms. The molecule has 0 atom stereocenters. The molecule has 0 radical (unpaired) electrons. The topological polar surface area (TPSA) is 38.1 Å². The van der Waals surface area contributed by atoms with E-state index in [1.54, 1.807) is 6.92 Å². The summed E-state index contributed by atoms with van der Waals surface area (Å²) < 4.78 is 2.22. The second-order valence-electron chi connectivity index (χ2n) is 6.12. The summed E-state index contributed by atoms with van der Waals surface area (Å²) in [6.45, 7) is 5.24. The third kappa shape index (κ3) is 2.31. The monoisotopic (exact) mass is 305 g/mol. The molecule has 4 heteroatoms. The number of imidazole rings is 1. The highest BCUT2D eigenvalue weighted by atomic mass is 16.2. The molecule has 1 aliphatic heterocycles. The van der Waals surface area contributed by atoms with Gasteiger partial charge < -0.3 is 9.47 Å². The van der Waals surface area contributed by atoms with Gasteiger partial charge in [0, 0.05) is 25.7 Å². The number of aryl methyl sites for hydroxylation is 1. The number of hydrogen-bond acceptors (Lipinski definition) is 2. The Balaban J connectivity index is 1.84. The number of anilines is 1. The van der Waals surface area contributed by atoms with Crippen LogP contribution in [0.15, 0.2) is 42.5 Å². The van der Waals surface area contributed by atoms with E-state index < -0.39 is 0 Å². The zero-order valence-corrected chi connectivity index (χ0v) is 13.4. The molecule has 116 valence electrons. The van der Waals surface area contributed by atoms with Crippen LogP contribution in [0, 0.1) is 6.92 Å². The van der Waals surface area contributed by atoms with Crippen LogP contribution < -0.4 is 4.90 Å². The zero-order valence-electron chi connectivity index (χ0n) is 13.4. The molecule has 0 N–H and O–H groups in total. The van der Waals surface area contributed by atoms with Crippen LogP contribution >= 0.6 is 0 Å². The third-order valence-electron chi connectivity index (χ3n) is 4.60. The smallest absolute Gasteiger partial charge is 0.223 e. The van der Waals surface area contributed by atoms with E-state index >= 15 is 0 Å². The zero-order chi connectivity index (χ0) is 16.0. The maximum atomic E-state index is 11.8. The molecule has 0 saturated carbocycles. The number of carbonyl (C=O) groups is 1. The van der Waals surface area contributed by atoms with E-state index in [1.165, 1.54) is 11.1 Å². The normalized spacial score (nSPS) is 13.6. The molecule has 0 aliphatic carbocycles. The molecular weight excluding hydrogens is 286 g/mol. The molecule has 1 aromatic heterocycles. The molecule has 4 rings (SSSR count). The van der Waals surface area contributed by atoms with E-state index in [9.17, 15) is 4.79 Å². The fourth-order valence-corrected chi connectivity index (χ4v) is 3.42. The molecule has 2 heterocycles. The molecular formula is C19H19N3O. The summed E-state index contributed by atoms with van der Waals surface area (Å²) >= 11 is 0. The van der Waals surface area contributed by atoms with Crippen LogP contribution in [-0.2, 0) is 17.8 Å². The lowest BCUT2D eigenvalue weighted by atomic mass is 10.1. The van der Waals surface area contributed by atoms with Crippen molar-refractivity contribution in [2.24, 2.45) is 0 Å². The first-order chi connectivity index (χ1) is 11.1. The minimum atomic E-state index is 0.106. The SMILES string of the molecule is CC(=O)N1CCc2cc3nc(C)n(Cc4ccccc4)c3cc21. The lowest BCUT2D eigenvalue weighted by molar-refractivity contribution is -0.116. The summed E-state index contributed by atoms with van der Waals surface area (Å²) in [7, 11) is 0. The predicted octanol–water partition coefficient (Wildman–Crippen LogP) is 3.30. The Morgan fingerprint density at radius 3 is 2.74 bits per heavy atom. The van der Waals surface area contributed by atoms with Gasteiger partial charge in [-0.2, -0.15) is 0 Å². The third-order valence-corrected chi connectivity index (χ3v) is 4.60. The average Bonchev–Trinajstić information content (AvgIpc) is 3.08. The average molecular weight is 305 g/mol. The fraction of sp³-hybridized carbons (Fsp3) is 0.263. The van der Waals surface area contributed by atoms with Crippen molar-refractivity contribution in [3.05, 3.63) is 59.4 Å². The van der Waals surface area contributed by atoms with Gasteiger partial charge in [-0.25, -0.2) is 4.98 Å². The lowest BCUT2D eigenvalue weighted by Gasteiger charge is -2.15. The highest BCUT2D eigenvalue weighted by Crippen LogP contribution is 2.33. The van der Waals surface area contributed by atoms with Crippen LogP contribution in [0.25, 0.3) is 11.0 Å². The number of aromatic nitrogens is 2. The minimum absolute atomic E-state index is 0.106. The van der Waals surface area contributed by atoms with Crippen molar-refractivity contribution in [2.45, 2.75) is 26.8 Å². The molecule has 3 aromatic rings. The molecule has 0 unspecified atom stereocenters. The number of rotatable bonds is 2. The Bertz CT molecular complexity index is 896. The van der Waals surface area contributed by atoms with Crippen molar-refractivity contribution in [3.63, 3.8) is 0 Å². The maximum Gasteiger partial charge on any atom is 0.223 e. The molecule has 1 amide bonds. The van der Waals surface area contributed by atoms with Crippen LogP contribution in [0.1, 0.15) is 23.9 Å². The van der Waals surface area contributed by atoms with Crippen LogP contribution in [-0.4, -0.2) is 22.0 Å². The second kappa shape index (κ2) is 5.23. The van der Waals surface area contributed by atoms with Crippen molar-refractivity contribution >= 4 is 22.6 Å². The molecule has 0 spiro atoms. The van der Waals surface area contributed by atoms with Gasteiger partial charge >= 0.3 is 0 Å². The molecule has 1 aliphatic rings. The van der Waals surface area contributed by atoms with E-state index in [-0.39, 0.29) is 5.91 Å². The van der Waals surface area contributed by atoms with Crippen LogP contribution in [0.5, 0.6) is 0 Å². The Morgan fingerprint density at radius 1 is 1.22 bits per heavy atom. The molecule has 0 saturated heterocycles. The first kappa shape index (κ1) is 14.0. The summed E-state index contributed by atoms with van der Waals surface area (Å²) in [5.41, 5.74) is 5.62. The summed E-state index contributed by atoms with van der Waals surface area (Å²) in [6, 6.07) is 14.7. The summed E-state index contributed by atoms with van der Waals surface area (Å²) in [5.74, 6) is 1.11. The fourth-order valence-electron chi connectivity index (χ4n) is 3.42. The standard InChI is InChI=1S/C19H19N3O/c1-13-20-17-10-16-8-9-21(14(2)23)18(16)11-19(17)22(13)12-15-6-4-3-5-7-15/h3-7,10-11H,8-9,12H2,1-2H3. The molecule has 0 fully saturated rings. The van der Waals surface area contributed by atoms with Crippen molar-refractivity contribution in [3.8, 4) is 0 Å². The van der Waals surface area contributed by atoms with E-state index in [2.05, 4.69) is 41.0 Å². The van der Waals surface area contributed by atoms with E-state index in [4.69, 9.17) is 4.98 Å². The first-order valence-electron chi connectivity index (χ1n) is 7.95. The molecule has 2 aromatic carbocycles. The number of amides is 1. The van der Waals surface area contributed by atoms with Crippen LogP contribution in [0.4, 0.5) is 5.69 Å². The number of fused-ring (bicyclic) bond motifs is 2. The number of benzene rings is 2. The highest BCUT2D eigenvalue weighted by Gasteiger charge is 2.24. The summed E-state index contributed by atoms with van der Waals surface area (Å²) in [6.07, 6.45) is 0.912. The van der Waals surface area contributed by atoms with Gasteiger partial charge in [0.15, 0.2) is 0 Å². The van der Waals surface area contributed by atoms with Gasteiger partial charge in [0.25, 0.3) is 0 Å². The van der Waals surface area contributed by atoms with Crippen molar-refractivity contribution in [1.29, 1.82) is 0 Å². The second-order valence-corrected chi connectivity index (χ2v) is 6.12. The van der Waals surface area contributed by atoms with Crippen molar-refractivity contribution < 1.29 is 4.79 Å². The van der Waals surface area contributed by atoms with Gasteiger partial charge in [0.2, 0.25) is 5.91 Å². The number of hydrogen-bond donors (Lipinski definition) is 0. The maximum absolute atomic E-state index is 11.8. The number of nitrogens with zero attached hydrogens (tertiary/aromatic N) is 3.